The Hall–Kier alpha value is -0.940. The molecule has 1 heterocycles. The molecule has 0 aliphatic rings. The van der Waals surface area contributed by atoms with Crippen LogP contribution in [0, 0.1) is 0 Å². The largest absolute Gasteiger partial charge is 0.496 e. The van der Waals surface area contributed by atoms with Gasteiger partial charge in [-0.3, -0.25) is 0 Å². The Morgan fingerprint density at radius 2 is 2.38 bits per heavy atom. The van der Waals surface area contributed by atoms with Gasteiger partial charge in [-0.2, -0.15) is 0 Å². The van der Waals surface area contributed by atoms with Crippen molar-refractivity contribution in [1.82, 2.24) is 4.98 Å². The second kappa shape index (κ2) is 5.41. The number of rotatable bonds is 4. The molecule has 0 saturated heterocycles. The second-order valence-electron chi connectivity index (χ2n) is 3.06. The SMILES string of the molecule is COc1ccc(CSc2ncco2)cc1Br. The van der Waals surface area contributed by atoms with Crippen LogP contribution in [0.1, 0.15) is 5.56 Å². The fourth-order valence-corrected chi connectivity index (χ4v) is 2.54. The third-order valence-corrected chi connectivity index (χ3v) is 3.53. The van der Waals surface area contributed by atoms with Crippen molar-refractivity contribution in [2.45, 2.75) is 11.0 Å². The maximum absolute atomic E-state index is 5.17. The van der Waals surface area contributed by atoms with Crippen LogP contribution in [0.15, 0.2) is 44.8 Å². The van der Waals surface area contributed by atoms with E-state index >= 15 is 0 Å². The molecule has 0 unspecified atom stereocenters. The van der Waals surface area contributed by atoms with E-state index in [0.717, 1.165) is 16.0 Å². The molecule has 0 spiro atoms. The zero-order valence-electron chi connectivity index (χ0n) is 8.64. The molecule has 3 nitrogen and oxygen atoms in total. The van der Waals surface area contributed by atoms with Gasteiger partial charge < -0.3 is 9.15 Å². The summed E-state index contributed by atoms with van der Waals surface area (Å²) in [5, 5.41) is 0.687. The number of thioether (sulfide) groups is 1. The first-order valence-electron chi connectivity index (χ1n) is 4.64. The molecule has 0 atom stereocenters. The molecule has 1 aromatic carbocycles. The standard InChI is InChI=1S/C11H10BrNO2S/c1-14-10-3-2-8(6-9(10)12)7-16-11-13-4-5-15-11/h2-6H,7H2,1H3. The lowest BCUT2D eigenvalue weighted by Crippen LogP contribution is -1.86. The Balaban J connectivity index is 2.02. The Labute approximate surface area is 106 Å². The van der Waals surface area contributed by atoms with E-state index in [9.17, 15) is 0 Å². The highest BCUT2D eigenvalue weighted by Gasteiger charge is 2.03. The van der Waals surface area contributed by atoms with Crippen molar-refractivity contribution in [2.24, 2.45) is 0 Å². The summed E-state index contributed by atoms with van der Waals surface area (Å²) in [7, 11) is 1.65. The number of halogens is 1. The Morgan fingerprint density at radius 3 is 3.00 bits per heavy atom. The molecule has 0 aliphatic carbocycles. The number of ether oxygens (including phenoxy) is 1. The predicted octanol–water partition coefficient (Wildman–Crippen LogP) is 3.74. The minimum atomic E-state index is 0.687. The van der Waals surface area contributed by atoms with Crippen molar-refractivity contribution < 1.29 is 9.15 Å². The lowest BCUT2D eigenvalue weighted by molar-refractivity contribution is 0.412. The zero-order chi connectivity index (χ0) is 11.4. The van der Waals surface area contributed by atoms with Crippen LogP contribution in [0.25, 0.3) is 0 Å². The van der Waals surface area contributed by atoms with Gasteiger partial charge in [0.15, 0.2) is 0 Å². The number of benzene rings is 1. The minimum Gasteiger partial charge on any atom is -0.496 e. The maximum atomic E-state index is 5.17. The summed E-state index contributed by atoms with van der Waals surface area (Å²) < 4.78 is 11.3. The van der Waals surface area contributed by atoms with Crippen LogP contribution in [0.5, 0.6) is 5.75 Å². The average molecular weight is 300 g/mol. The van der Waals surface area contributed by atoms with Gasteiger partial charge in [0, 0.05) is 5.75 Å². The zero-order valence-corrected chi connectivity index (χ0v) is 11.0. The number of hydrogen-bond acceptors (Lipinski definition) is 4. The Kier molecular flexibility index (Phi) is 3.90. The summed E-state index contributed by atoms with van der Waals surface area (Å²) in [6.45, 7) is 0. The van der Waals surface area contributed by atoms with E-state index in [1.807, 2.05) is 18.2 Å². The quantitative estimate of drug-likeness (QED) is 0.806. The first-order valence-corrected chi connectivity index (χ1v) is 6.42. The summed E-state index contributed by atoms with van der Waals surface area (Å²) in [5.74, 6) is 1.66. The fourth-order valence-electron chi connectivity index (χ4n) is 1.23. The van der Waals surface area contributed by atoms with Crippen LogP contribution in [0.3, 0.4) is 0 Å². The van der Waals surface area contributed by atoms with Crippen LogP contribution in [0.4, 0.5) is 0 Å². The van der Waals surface area contributed by atoms with Crippen LogP contribution >= 0.6 is 27.7 Å². The lowest BCUT2D eigenvalue weighted by Gasteiger charge is -2.05. The number of hydrogen-bond donors (Lipinski definition) is 0. The molecule has 2 aromatic rings. The third-order valence-electron chi connectivity index (χ3n) is 1.99. The molecule has 84 valence electrons. The monoisotopic (exact) mass is 299 g/mol. The molecule has 0 radical (unpaired) electrons. The highest BCUT2D eigenvalue weighted by Crippen LogP contribution is 2.28. The summed E-state index contributed by atoms with van der Waals surface area (Å²) in [6, 6.07) is 6.00. The number of methoxy groups -OCH3 is 1. The molecule has 1 aromatic heterocycles. The van der Waals surface area contributed by atoms with E-state index in [4.69, 9.17) is 9.15 Å². The summed E-state index contributed by atoms with van der Waals surface area (Å²) in [5.41, 5.74) is 1.19. The molecule has 0 N–H and O–H groups in total. The molecule has 0 bridgehead atoms. The van der Waals surface area contributed by atoms with E-state index in [-0.39, 0.29) is 0 Å². The van der Waals surface area contributed by atoms with Crippen LogP contribution in [-0.4, -0.2) is 12.1 Å². The first-order chi connectivity index (χ1) is 7.79. The van der Waals surface area contributed by atoms with Gasteiger partial charge in [0.1, 0.15) is 12.0 Å². The van der Waals surface area contributed by atoms with E-state index in [2.05, 4.69) is 20.9 Å². The normalized spacial score (nSPS) is 10.4. The van der Waals surface area contributed by atoms with Crippen molar-refractivity contribution in [3.63, 3.8) is 0 Å². The maximum Gasteiger partial charge on any atom is 0.255 e. The molecule has 5 heteroatoms. The fraction of sp³-hybridized carbons (Fsp3) is 0.182. The highest BCUT2D eigenvalue weighted by molar-refractivity contribution is 9.10. The molecule has 0 saturated carbocycles. The third kappa shape index (κ3) is 2.80. The van der Waals surface area contributed by atoms with Crippen LogP contribution < -0.4 is 4.74 Å². The van der Waals surface area contributed by atoms with E-state index < -0.39 is 0 Å². The topological polar surface area (TPSA) is 35.3 Å². The smallest absolute Gasteiger partial charge is 0.255 e. The predicted molar refractivity (Wildman–Crippen MR) is 66.8 cm³/mol. The number of aromatic nitrogens is 1. The average Bonchev–Trinajstić information content (AvgIpc) is 2.79. The molecule has 0 amide bonds. The molecule has 0 fully saturated rings. The van der Waals surface area contributed by atoms with Crippen LogP contribution in [-0.2, 0) is 5.75 Å². The van der Waals surface area contributed by atoms with Gasteiger partial charge in [-0.1, -0.05) is 17.8 Å². The van der Waals surface area contributed by atoms with Gasteiger partial charge in [0.25, 0.3) is 5.22 Å². The number of nitrogens with zero attached hydrogens (tertiary/aromatic N) is 1. The van der Waals surface area contributed by atoms with E-state index in [0.29, 0.717) is 5.22 Å². The van der Waals surface area contributed by atoms with Crippen molar-refractivity contribution in [3.8, 4) is 5.75 Å². The molecular formula is C11H10BrNO2S. The van der Waals surface area contributed by atoms with Crippen molar-refractivity contribution in [2.75, 3.05) is 7.11 Å². The van der Waals surface area contributed by atoms with Crippen LogP contribution in [0.2, 0.25) is 0 Å². The van der Waals surface area contributed by atoms with E-state index in [1.165, 1.54) is 5.56 Å². The van der Waals surface area contributed by atoms with Crippen molar-refractivity contribution in [1.29, 1.82) is 0 Å². The number of oxazole rings is 1. The second-order valence-corrected chi connectivity index (χ2v) is 4.84. The Bertz CT molecular complexity index is 459. The molecular weight excluding hydrogens is 290 g/mol. The van der Waals surface area contributed by atoms with Gasteiger partial charge in [0.05, 0.1) is 17.8 Å². The summed E-state index contributed by atoms with van der Waals surface area (Å²) >= 11 is 5.02. The van der Waals surface area contributed by atoms with Crippen molar-refractivity contribution >= 4 is 27.7 Å². The van der Waals surface area contributed by atoms with E-state index in [1.54, 1.807) is 31.3 Å². The molecule has 0 aliphatic heterocycles. The molecule has 2 rings (SSSR count). The highest BCUT2D eigenvalue weighted by atomic mass is 79.9. The van der Waals surface area contributed by atoms with Gasteiger partial charge in [-0.25, -0.2) is 4.98 Å². The summed E-state index contributed by atoms with van der Waals surface area (Å²) in [4.78, 5) is 4.05. The van der Waals surface area contributed by atoms with Crippen molar-refractivity contribution in [3.05, 3.63) is 40.7 Å². The Morgan fingerprint density at radius 1 is 1.50 bits per heavy atom. The van der Waals surface area contributed by atoms with Gasteiger partial charge >= 0.3 is 0 Å². The summed E-state index contributed by atoms with van der Waals surface area (Å²) in [6.07, 6.45) is 3.22. The van der Waals surface area contributed by atoms with Gasteiger partial charge in [-0.05, 0) is 33.6 Å². The first kappa shape index (κ1) is 11.5. The van der Waals surface area contributed by atoms with Gasteiger partial charge in [0.2, 0.25) is 0 Å². The molecule has 16 heavy (non-hydrogen) atoms. The lowest BCUT2D eigenvalue weighted by atomic mass is 10.2. The minimum absolute atomic E-state index is 0.687. The van der Waals surface area contributed by atoms with Gasteiger partial charge in [-0.15, -0.1) is 0 Å².